The number of benzene rings is 2. The number of pyridine rings is 2. The number of hydrogen-bond donors (Lipinski definition) is 3. The molecule has 2 aromatic heterocycles. The smallest absolute Gasteiger partial charge is 0.323 e. The Bertz CT molecular complexity index is 1430. The van der Waals surface area contributed by atoms with Crippen LogP contribution in [0.1, 0.15) is 6.92 Å². The summed E-state index contributed by atoms with van der Waals surface area (Å²) >= 11 is -0.174. The third kappa shape index (κ3) is 4.58. The fourth-order valence-electron chi connectivity index (χ4n) is 3.65. The normalized spacial score (nSPS) is 10.8. The number of hydrogen-bond acceptors (Lipinski definition) is 5. The minimum atomic E-state index is -0.830. The monoisotopic (exact) mass is 481 g/mol. The second-order valence-electron chi connectivity index (χ2n) is 7.34. The lowest BCUT2D eigenvalue weighted by Gasteiger charge is -2.15. The van der Waals surface area contributed by atoms with Gasteiger partial charge in [0.25, 0.3) is 5.56 Å². The van der Waals surface area contributed by atoms with Gasteiger partial charge in [-0.1, -0.05) is 18.2 Å². The molecular formula is C24H21F2N5O2S. The zero-order chi connectivity index (χ0) is 24.2. The molecule has 4 aromatic rings. The maximum Gasteiger partial charge on any atom is 0.323 e. The van der Waals surface area contributed by atoms with Gasteiger partial charge in [-0.05, 0) is 37.3 Å². The summed E-state index contributed by atoms with van der Waals surface area (Å²) in [6.45, 7) is 2.18. The Hall–Kier alpha value is -3.92. The van der Waals surface area contributed by atoms with Crippen LogP contribution >= 0.6 is 12.1 Å². The topological polar surface area (TPSA) is 88.1 Å². The summed E-state index contributed by atoms with van der Waals surface area (Å²) in [6.07, 6.45) is 1.61. The van der Waals surface area contributed by atoms with Gasteiger partial charge in [-0.2, -0.15) is 3.89 Å². The maximum absolute atomic E-state index is 14.7. The fourth-order valence-corrected chi connectivity index (χ4v) is 4.05. The molecule has 174 valence electrons. The van der Waals surface area contributed by atoms with Gasteiger partial charge in [-0.25, -0.2) is 14.2 Å². The molecule has 0 spiro atoms. The molecule has 0 bridgehead atoms. The third-order valence-electron chi connectivity index (χ3n) is 5.27. The number of aryl methyl sites for hydroxylation is 1. The molecule has 0 aliphatic carbocycles. The Labute approximate surface area is 198 Å². The summed E-state index contributed by atoms with van der Waals surface area (Å²) < 4.78 is 30.0. The number of halogens is 2. The molecule has 0 aliphatic rings. The minimum Gasteiger partial charge on any atom is -0.373 e. The second-order valence-corrected chi connectivity index (χ2v) is 7.93. The van der Waals surface area contributed by atoms with E-state index in [9.17, 15) is 17.9 Å². The number of carbonyl (C=O) groups excluding carboxylic acids is 1. The molecule has 10 heteroatoms. The number of carbonyl (C=O) groups is 1. The van der Waals surface area contributed by atoms with Gasteiger partial charge in [0.2, 0.25) is 0 Å². The van der Waals surface area contributed by atoms with Crippen molar-refractivity contribution in [1.82, 2.24) is 9.55 Å². The van der Waals surface area contributed by atoms with E-state index in [1.165, 1.54) is 6.07 Å². The predicted molar refractivity (Wildman–Crippen MR) is 133 cm³/mol. The summed E-state index contributed by atoms with van der Waals surface area (Å²) in [6, 6.07) is 13.5. The van der Waals surface area contributed by atoms with Crippen LogP contribution in [0.15, 0.2) is 70.5 Å². The largest absolute Gasteiger partial charge is 0.373 e. The first-order valence-electron chi connectivity index (χ1n) is 10.4. The number of nitrogens with zero attached hydrogens (tertiary/aromatic N) is 2. The van der Waals surface area contributed by atoms with E-state index >= 15 is 0 Å². The van der Waals surface area contributed by atoms with Crippen LogP contribution in [0.25, 0.3) is 22.0 Å². The van der Waals surface area contributed by atoms with E-state index in [0.29, 0.717) is 29.0 Å². The number of amides is 2. The summed E-state index contributed by atoms with van der Waals surface area (Å²) in [5.74, 6) is -0.233. The van der Waals surface area contributed by atoms with Crippen LogP contribution in [-0.2, 0) is 6.54 Å². The number of aromatic nitrogens is 2. The van der Waals surface area contributed by atoms with Crippen LogP contribution in [0, 0.1) is 5.82 Å². The van der Waals surface area contributed by atoms with Gasteiger partial charge in [0.05, 0.1) is 28.2 Å². The van der Waals surface area contributed by atoms with Crippen LogP contribution in [0.4, 0.5) is 30.3 Å². The number of para-hydroxylation sites is 1. The van der Waals surface area contributed by atoms with Gasteiger partial charge in [-0.3, -0.25) is 4.79 Å². The molecule has 0 saturated heterocycles. The molecule has 2 amide bonds. The second kappa shape index (κ2) is 9.92. The van der Waals surface area contributed by atoms with Crippen LogP contribution in [-0.4, -0.2) is 22.6 Å². The van der Waals surface area contributed by atoms with Crippen molar-refractivity contribution in [3.63, 3.8) is 0 Å². The van der Waals surface area contributed by atoms with Crippen molar-refractivity contribution in [3.8, 4) is 11.1 Å². The van der Waals surface area contributed by atoms with Crippen molar-refractivity contribution in [3.05, 3.63) is 77.0 Å². The molecule has 34 heavy (non-hydrogen) atoms. The van der Waals surface area contributed by atoms with Crippen LogP contribution in [0.2, 0.25) is 0 Å². The van der Waals surface area contributed by atoms with E-state index in [1.54, 1.807) is 60.3 Å². The van der Waals surface area contributed by atoms with E-state index < -0.39 is 11.8 Å². The summed E-state index contributed by atoms with van der Waals surface area (Å²) in [5, 5.41) is 8.62. The van der Waals surface area contributed by atoms with Crippen LogP contribution in [0.5, 0.6) is 0 Å². The minimum absolute atomic E-state index is 0.0783. The maximum atomic E-state index is 14.7. The molecule has 0 aliphatic heterocycles. The van der Waals surface area contributed by atoms with E-state index in [4.69, 9.17) is 0 Å². The number of urea groups is 1. The first kappa shape index (κ1) is 23.2. The van der Waals surface area contributed by atoms with Crippen molar-refractivity contribution < 1.29 is 13.1 Å². The molecule has 0 fully saturated rings. The molecule has 2 heterocycles. The van der Waals surface area contributed by atoms with E-state index in [-0.39, 0.29) is 39.4 Å². The molecule has 0 unspecified atom stereocenters. The Kier molecular flexibility index (Phi) is 6.78. The lowest BCUT2D eigenvalue weighted by molar-refractivity contribution is 0.262. The fraction of sp³-hybridized carbons (Fsp3) is 0.125. The van der Waals surface area contributed by atoms with Crippen molar-refractivity contribution in [2.24, 2.45) is 0 Å². The van der Waals surface area contributed by atoms with Gasteiger partial charge in [0.1, 0.15) is 11.6 Å². The molecule has 2 aromatic carbocycles. The van der Waals surface area contributed by atoms with Crippen molar-refractivity contribution in [2.45, 2.75) is 18.4 Å². The van der Waals surface area contributed by atoms with E-state index in [0.717, 1.165) is 6.07 Å². The molecular weight excluding hydrogens is 460 g/mol. The van der Waals surface area contributed by atoms with Crippen molar-refractivity contribution in [2.75, 3.05) is 23.0 Å². The van der Waals surface area contributed by atoms with Gasteiger partial charge in [-0.15, -0.1) is 0 Å². The zero-order valence-electron chi connectivity index (χ0n) is 18.4. The van der Waals surface area contributed by atoms with Gasteiger partial charge >= 0.3 is 6.03 Å². The molecule has 7 nitrogen and oxygen atoms in total. The quantitative estimate of drug-likeness (QED) is 0.320. The van der Waals surface area contributed by atoms with E-state index in [2.05, 4.69) is 20.9 Å². The van der Waals surface area contributed by atoms with Crippen molar-refractivity contribution in [1.29, 1.82) is 0 Å². The summed E-state index contributed by atoms with van der Waals surface area (Å²) in [7, 11) is 1.72. The first-order chi connectivity index (χ1) is 16.4. The highest BCUT2D eigenvalue weighted by Crippen LogP contribution is 2.36. The number of nitrogens with one attached hydrogen (secondary N) is 3. The number of fused-ring (bicyclic) bond motifs is 1. The predicted octanol–water partition coefficient (Wildman–Crippen LogP) is 5.88. The van der Waals surface area contributed by atoms with Crippen LogP contribution in [0.3, 0.4) is 0 Å². The first-order valence-corrected chi connectivity index (χ1v) is 11.1. The molecule has 0 saturated carbocycles. The van der Waals surface area contributed by atoms with Gasteiger partial charge in [0.15, 0.2) is 0 Å². The Morgan fingerprint density at radius 2 is 1.85 bits per heavy atom. The highest BCUT2D eigenvalue weighted by Gasteiger charge is 2.19. The summed E-state index contributed by atoms with van der Waals surface area (Å²) in [5.41, 5.74) is 0.950. The van der Waals surface area contributed by atoms with Crippen molar-refractivity contribution >= 4 is 46.3 Å². The molecule has 0 radical (unpaired) electrons. The lowest BCUT2D eigenvalue weighted by atomic mass is 10.0. The lowest BCUT2D eigenvalue weighted by Crippen LogP contribution is -2.22. The average molecular weight is 482 g/mol. The summed E-state index contributed by atoms with van der Waals surface area (Å²) in [4.78, 5) is 29.9. The highest BCUT2D eigenvalue weighted by atomic mass is 32.2. The Morgan fingerprint density at radius 3 is 2.53 bits per heavy atom. The Balaban J connectivity index is 1.80. The Morgan fingerprint density at radius 1 is 1.09 bits per heavy atom. The SMILES string of the molecule is CCn1c(=O)c(-c2cc(NC(=O)Nc3ccccc3)c(F)cc2SF)cc2cnc(NC)cc21. The standard InChI is InChI=1S/C24H21F2N5O2S/c1-3-31-20-12-22(27-2)28-13-14(20)9-17(23(31)32)16-10-19(18(25)11-21(16)34-26)30-24(33)29-15-7-5-4-6-8-15/h4-13H,3H2,1-2H3,(H,27,28)(H2,29,30,33). The van der Waals surface area contributed by atoms with E-state index in [1.807, 2.05) is 6.92 Å². The van der Waals surface area contributed by atoms with Crippen LogP contribution < -0.4 is 21.5 Å². The molecule has 3 N–H and O–H groups in total. The zero-order valence-corrected chi connectivity index (χ0v) is 19.2. The van der Waals surface area contributed by atoms with Gasteiger partial charge < -0.3 is 20.5 Å². The number of anilines is 3. The third-order valence-corrected chi connectivity index (χ3v) is 5.78. The van der Waals surface area contributed by atoms with Gasteiger partial charge in [0, 0.05) is 48.1 Å². The number of rotatable bonds is 6. The average Bonchev–Trinajstić information content (AvgIpc) is 2.85. The molecule has 4 rings (SSSR count). The molecule has 0 atom stereocenters. The highest BCUT2D eigenvalue weighted by molar-refractivity contribution is 7.94.